The molecule has 2 aromatic carbocycles. The van der Waals surface area contributed by atoms with Crippen LogP contribution < -0.4 is 20.7 Å². The van der Waals surface area contributed by atoms with Crippen molar-refractivity contribution >= 4 is 22.6 Å². The number of hydrogen-bond donors (Lipinski definition) is 1. The summed E-state index contributed by atoms with van der Waals surface area (Å²) >= 11 is 6.09. The summed E-state index contributed by atoms with van der Waals surface area (Å²) in [4.78, 5) is 25.1. The molecule has 0 saturated heterocycles. The Bertz CT molecular complexity index is 1380. The van der Waals surface area contributed by atoms with Crippen LogP contribution in [0.4, 0.5) is 0 Å². The minimum atomic E-state index is -0.520. The van der Waals surface area contributed by atoms with E-state index in [1.807, 2.05) is 6.07 Å². The van der Waals surface area contributed by atoms with Crippen LogP contribution in [0.25, 0.3) is 11.0 Å². The Hall–Kier alpha value is -3.96. The summed E-state index contributed by atoms with van der Waals surface area (Å²) < 4.78 is 18.5. The number of fused-ring (bicyclic) bond motifs is 1. The predicted molar refractivity (Wildman–Crippen MR) is 109 cm³/mol. The van der Waals surface area contributed by atoms with Gasteiger partial charge in [0.2, 0.25) is 5.76 Å². The van der Waals surface area contributed by atoms with E-state index < -0.39 is 11.2 Å². The van der Waals surface area contributed by atoms with Crippen LogP contribution in [0.2, 0.25) is 5.02 Å². The summed E-state index contributed by atoms with van der Waals surface area (Å²) in [7, 11) is 0. The van der Waals surface area contributed by atoms with Gasteiger partial charge in [-0.3, -0.25) is 14.3 Å². The van der Waals surface area contributed by atoms with Gasteiger partial charge in [-0.15, -0.1) is 0 Å². The van der Waals surface area contributed by atoms with Crippen molar-refractivity contribution in [2.24, 2.45) is 0 Å². The maximum Gasteiger partial charge on any atom is 0.328 e. The first-order valence-electron chi connectivity index (χ1n) is 8.86. The van der Waals surface area contributed by atoms with Crippen LogP contribution in [0.3, 0.4) is 0 Å². The second-order valence-corrected chi connectivity index (χ2v) is 6.67. The third-order valence-corrected chi connectivity index (χ3v) is 4.48. The SMILES string of the molecule is N#Cc1cc2c(Oc3ccc(Cl)cc3OCCn3ccc(=O)[nH]c3=O)cccc2o1. The molecule has 0 radical (unpaired) electrons. The molecule has 2 aromatic heterocycles. The number of nitriles is 1. The molecular weight excluding hydrogens is 410 g/mol. The van der Waals surface area contributed by atoms with Crippen LogP contribution in [-0.2, 0) is 6.54 Å². The number of aromatic amines is 1. The molecule has 0 fully saturated rings. The summed E-state index contributed by atoms with van der Waals surface area (Å²) in [5.74, 6) is 1.45. The zero-order chi connectivity index (χ0) is 21.1. The highest BCUT2D eigenvalue weighted by Crippen LogP contribution is 2.37. The summed E-state index contributed by atoms with van der Waals surface area (Å²) in [6.45, 7) is 0.349. The molecule has 4 rings (SSSR count). The number of H-pyrrole nitrogens is 1. The Labute approximate surface area is 174 Å². The normalized spacial score (nSPS) is 10.7. The molecule has 30 heavy (non-hydrogen) atoms. The van der Waals surface area contributed by atoms with E-state index in [0.717, 1.165) is 0 Å². The lowest BCUT2D eigenvalue weighted by molar-refractivity contribution is 0.283. The first kappa shape index (κ1) is 19.4. The number of aromatic nitrogens is 2. The van der Waals surface area contributed by atoms with Gasteiger partial charge in [0.15, 0.2) is 11.5 Å². The molecule has 0 aliphatic carbocycles. The number of benzene rings is 2. The summed E-state index contributed by atoms with van der Waals surface area (Å²) in [5, 5.41) is 10.2. The Morgan fingerprint density at radius 1 is 1.10 bits per heavy atom. The third-order valence-electron chi connectivity index (χ3n) is 4.24. The van der Waals surface area contributed by atoms with E-state index >= 15 is 0 Å². The fourth-order valence-electron chi connectivity index (χ4n) is 2.85. The average Bonchev–Trinajstić information content (AvgIpc) is 3.16. The second-order valence-electron chi connectivity index (χ2n) is 6.24. The van der Waals surface area contributed by atoms with Gasteiger partial charge in [-0.2, -0.15) is 5.26 Å². The average molecular weight is 424 g/mol. The Morgan fingerprint density at radius 2 is 1.97 bits per heavy atom. The molecule has 0 bridgehead atoms. The molecule has 150 valence electrons. The monoisotopic (exact) mass is 423 g/mol. The Morgan fingerprint density at radius 3 is 2.77 bits per heavy atom. The lowest BCUT2D eigenvalue weighted by Crippen LogP contribution is -2.30. The predicted octanol–water partition coefficient (Wildman–Crippen LogP) is 3.68. The molecule has 9 heteroatoms. The number of ether oxygens (including phenoxy) is 2. The van der Waals surface area contributed by atoms with E-state index in [9.17, 15) is 9.59 Å². The van der Waals surface area contributed by atoms with Crippen molar-refractivity contribution in [2.75, 3.05) is 6.61 Å². The summed E-state index contributed by atoms with van der Waals surface area (Å²) in [5.41, 5.74) is -0.456. The molecule has 0 aliphatic rings. The lowest BCUT2D eigenvalue weighted by Gasteiger charge is -2.14. The maximum absolute atomic E-state index is 11.8. The molecule has 0 spiro atoms. The number of nitrogens with one attached hydrogen (secondary N) is 1. The van der Waals surface area contributed by atoms with E-state index in [4.69, 9.17) is 30.8 Å². The van der Waals surface area contributed by atoms with Crippen LogP contribution in [0, 0.1) is 11.3 Å². The van der Waals surface area contributed by atoms with Crippen LogP contribution in [0.15, 0.2) is 68.7 Å². The molecule has 8 nitrogen and oxygen atoms in total. The van der Waals surface area contributed by atoms with Gasteiger partial charge in [0, 0.05) is 29.4 Å². The number of nitrogens with zero attached hydrogens (tertiary/aromatic N) is 2. The van der Waals surface area contributed by atoms with Gasteiger partial charge in [0.1, 0.15) is 24.0 Å². The van der Waals surface area contributed by atoms with Crippen molar-refractivity contribution in [1.82, 2.24) is 9.55 Å². The minimum Gasteiger partial charge on any atom is -0.488 e. The van der Waals surface area contributed by atoms with Crippen LogP contribution >= 0.6 is 11.6 Å². The van der Waals surface area contributed by atoms with Crippen molar-refractivity contribution in [2.45, 2.75) is 6.54 Å². The molecule has 0 amide bonds. The van der Waals surface area contributed by atoms with E-state index in [0.29, 0.717) is 33.2 Å². The standard InChI is InChI=1S/C21H14ClN3O5/c22-13-4-5-18(30-17-3-1-2-16-15(17)11-14(12-23)29-16)19(10-13)28-9-8-25-7-6-20(26)24-21(25)27/h1-7,10-11H,8-9H2,(H,24,26,27). The molecule has 1 N–H and O–H groups in total. The number of halogens is 1. The van der Waals surface area contributed by atoms with Crippen molar-refractivity contribution in [3.05, 3.63) is 86.3 Å². The van der Waals surface area contributed by atoms with Gasteiger partial charge in [-0.1, -0.05) is 17.7 Å². The largest absolute Gasteiger partial charge is 0.488 e. The van der Waals surface area contributed by atoms with Gasteiger partial charge >= 0.3 is 5.69 Å². The highest BCUT2D eigenvalue weighted by Gasteiger charge is 2.13. The third kappa shape index (κ3) is 4.06. The molecule has 2 heterocycles. The van der Waals surface area contributed by atoms with Crippen molar-refractivity contribution in [1.29, 1.82) is 5.26 Å². The Kier molecular flexibility index (Phi) is 5.28. The topological polar surface area (TPSA) is 110 Å². The van der Waals surface area contributed by atoms with Crippen molar-refractivity contribution < 1.29 is 13.9 Å². The van der Waals surface area contributed by atoms with Crippen molar-refractivity contribution in [3.63, 3.8) is 0 Å². The quantitative estimate of drug-likeness (QED) is 0.506. The first-order chi connectivity index (χ1) is 14.5. The fraction of sp³-hybridized carbons (Fsp3) is 0.0952. The maximum atomic E-state index is 11.8. The number of furan rings is 1. The number of hydrogen-bond acceptors (Lipinski definition) is 6. The van der Waals surface area contributed by atoms with Crippen molar-refractivity contribution in [3.8, 4) is 23.3 Å². The smallest absolute Gasteiger partial charge is 0.328 e. The first-order valence-corrected chi connectivity index (χ1v) is 9.24. The van der Waals surface area contributed by atoms with Gasteiger partial charge in [0.05, 0.1) is 11.9 Å². The van der Waals surface area contributed by atoms with E-state index in [2.05, 4.69) is 4.98 Å². The zero-order valence-corrected chi connectivity index (χ0v) is 16.2. The van der Waals surface area contributed by atoms with E-state index in [1.54, 1.807) is 42.5 Å². The van der Waals surface area contributed by atoms with Gasteiger partial charge in [-0.05, 0) is 24.3 Å². The molecule has 4 aromatic rings. The van der Waals surface area contributed by atoms with Crippen LogP contribution in [0.1, 0.15) is 5.76 Å². The van der Waals surface area contributed by atoms with E-state index in [-0.39, 0.29) is 18.9 Å². The summed E-state index contributed by atoms with van der Waals surface area (Å²) in [6.07, 6.45) is 1.40. The van der Waals surface area contributed by atoms with E-state index in [1.165, 1.54) is 16.8 Å². The molecule has 0 aliphatic heterocycles. The van der Waals surface area contributed by atoms with Gasteiger partial charge in [0.25, 0.3) is 5.56 Å². The highest BCUT2D eigenvalue weighted by atomic mass is 35.5. The number of rotatable bonds is 6. The molecule has 0 saturated carbocycles. The second kappa shape index (κ2) is 8.19. The van der Waals surface area contributed by atoms with Crippen LogP contribution in [-0.4, -0.2) is 16.2 Å². The molecule has 0 atom stereocenters. The van der Waals surface area contributed by atoms with Gasteiger partial charge in [-0.25, -0.2) is 4.79 Å². The zero-order valence-electron chi connectivity index (χ0n) is 15.4. The minimum absolute atomic E-state index is 0.136. The van der Waals surface area contributed by atoms with Crippen LogP contribution in [0.5, 0.6) is 17.2 Å². The lowest BCUT2D eigenvalue weighted by atomic mass is 10.2. The molecule has 0 unspecified atom stereocenters. The van der Waals surface area contributed by atoms with Gasteiger partial charge < -0.3 is 13.9 Å². The Balaban J connectivity index is 1.57. The fourth-order valence-corrected chi connectivity index (χ4v) is 3.01. The summed E-state index contributed by atoms with van der Waals surface area (Å²) in [6, 6.07) is 15.0. The highest BCUT2D eigenvalue weighted by molar-refractivity contribution is 6.30. The molecular formula is C21H14ClN3O5.